The third kappa shape index (κ3) is 3.45. The molecule has 0 aliphatic heterocycles. The second kappa shape index (κ2) is 5.84. The lowest BCUT2D eigenvalue weighted by Gasteiger charge is -2.06. The first kappa shape index (κ1) is 11.3. The van der Waals surface area contributed by atoms with E-state index >= 15 is 0 Å². The number of hydrogen-bond donors (Lipinski definition) is 1. The van der Waals surface area contributed by atoms with Crippen molar-refractivity contribution in [2.24, 2.45) is 0 Å². The van der Waals surface area contributed by atoms with Gasteiger partial charge in [0.1, 0.15) is 6.29 Å². The van der Waals surface area contributed by atoms with Crippen molar-refractivity contribution in [1.82, 2.24) is 5.32 Å². The summed E-state index contributed by atoms with van der Waals surface area (Å²) in [5.41, 5.74) is 1.43. The van der Waals surface area contributed by atoms with Crippen LogP contribution >= 0.6 is 11.6 Å². The molecule has 0 atom stereocenters. The van der Waals surface area contributed by atoms with Crippen LogP contribution < -0.4 is 5.32 Å². The number of hydrogen-bond acceptors (Lipinski definition) is 3. The maximum absolute atomic E-state index is 10.2. The molecule has 1 aromatic carbocycles. The molecular formula is C11H9ClN2O. The largest absolute Gasteiger partial charge is 0.377 e. The molecule has 4 heteroatoms. The molecule has 0 unspecified atom stereocenters. The molecule has 0 amide bonds. The van der Waals surface area contributed by atoms with Crippen LogP contribution in [0.4, 0.5) is 0 Å². The smallest absolute Gasteiger partial charge is 0.139 e. The first-order valence-corrected chi connectivity index (χ1v) is 4.69. The summed E-state index contributed by atoms with van der Waals surface area (Å²) in [5.74, 6) is 0. The van der Waals surface area contributed by atoms with Crippen molar-refractivity contribution < 1.29 is 4.79 Å². The number of halogens is 1. The van der Waals surface area contributed by atoms with E-state index in [4.69, 9.17) is 16.9 Å². The highest BCUT2D eigenvalue weighted by Crippen LogP contribution is 2.15. The summed E-state index contributed by atoms with van der Waals surface area (Å²) in [5, 5.41) is 12.0. The van der Waals surface area contributed by atoms with Gasteiger partial charge in [0.2, 0.25) is 0 Å². The molecule has 0 aliphatic rings. The quantitative estimate of drug-likeness (QED) is 0.624. The zero-order valence-electron chi connectivity index (χ0n) is 7.90. The lowest BCUT2D eigenvalue weighted by Crippen LogP contribution is -2.14. The minimum absolute atomic E-state index is 0.177. The fourth-order valence-electron chi connectivity index (χ4n) is 1.08. The maximum atomic E-state index is 10.2. The van der Waals surface area contributed by atoms with Crippen molar-refractivity contribution in [3.8, 4) is 6.07 Å². The van der Waals surface area contributed by atoms with Crippen molar-refractivity contribution in [1.29, 1.82) is 5.26 Å². The van der Waals surface area contributed by atoms with Crippen LogP contribution in [-0.4, -0.2) is 12.8 Å². The number of carbonyl (C=O) groups is 1. The van der Waals surface area contributed by atoms with Gasteiger partial charge in [0.05, 0.1) is 18.3 Å². The zero-order chi connectivity index (χ0) is 11.1. The molecule has 1 aromatic rings. The summed E-state index contributed by atoms with van der Waals surface area (Å²) < 4.78 is 0. The summed E-state index contributed by atoms with van der Waals surface area (Å²) >= 11 is 5.74. The SMILES string of the molecule is N#CC=C(NCC=O)c1ccc(Cl)cc1. The Labute approximate surface area is 93.0 Å². The van der Waals surface area contributed by atoms with E-state index in [1.807, 2.05) is 6.07 Å². The molecule has 0 fully saturated rings. The fourth-order valence-corrected chi connectivity index (χ4v) is 1.21. The number of aldehydes is 1. The summed E-state index contributed by atoms with van der Waals surface area (Å²) in [6, 6.07) is 8.93. The Kier molecular flexibility index (Phi) is 4.39. The Bertz CT molecular complexity index is 404. The molecule has 76 valence electrons. The molecule has 0 heterocycles. The number of nitriles is 1. The lowest BCUT2D eigenvalue weighted by molar-refractivity contribution is -0.107. The predicted octanol–water partition coefficient (Wildman–Crippen LogP) is 1.99. The minimum atomic E-state index is 0.177. The Morgan fingerprint density at radius 1 is 1.47 bits per heavy atom. The van der Waals surface area contributed by atoms with Crippen LogP contribution in [0, 0.1) is 11.3 Å². The highest BCUT2D eigenvalue weighted by molar-refractivity contribution is 6.30. The molecule has 1 N–H and O–H groups in total. The van der Waals surface area contributed by atoms with Gasteiger partial charge in [-0.05, 0) is 17.7 Å². The number of benzene rings is 1. The molecule has 0 aromatic heterocycles. The Morgan fingerprint density at radius 2 is 2.13 bits per heavy atom. The average Bonchev–Trinajstić information content (AvgIpc) is 2.25. The van der Waals surface area contributed by atoms with E-state index in [1.165, 1.54) is 6.08 Å². The normalized spacial score (nSPS) is 10.5. The molecule has 15 heavy (non-hydrogen) atoms. The topological polar surface area (TPSA) is 52.9 Å². The number of nitrogens with zero attached hydrogens (tertiary/aromatic N) is 1. The summed E-state index contributed by atoms with van der Waals surface area (Å²) in [6.07, 6.45) is 2.09. The third-order valence-electron chi connectivity index (χ3n) is 1.74. The molecule has 1 rings (SSSR count). The fraction of sp³-hybridized carbons (Fsp3) is 0.0909. The molecule has 0 radical (unpaired) electrons. The summed E-state index contributed by atoms with van der Waals surface area (Å²) in [4.78, 5) is 10.2. The number of carbonyl (C=O) groups excluding carboxylic acids is 1. The molecule has 0 saturated carbocycles. The van der Waals surface area contributed by atoms with Crippen molar-refractivity contribution in [3.05, 3.63) is 40.9 Å². The van der Waals surface area contributed by atoms with Crippen LogP contribution in [0.2, 0.25) is 5.02 Å². The number of nitrogens with one attached hydrogen (secondary N) is 1. The van der Waals surface area contributed by atoms with E-state index in [2.05, 4.69) is 5.32 Å². The van der Waals surface area contributed by atoms with Gasteiger partial charge in [-0.1, -0.05) is 23.7 Å². The van der Waals surface area contributed by atoms with Crippen molar-refractivity contribution in [2.75, 3.05) is 6.54 Å². The second-order valence-electron chi connectivity index (χ2n) is 2.74. The van der Waals surface area contributed by atoms with Gasteiger partial charge in [-0.3, -0.25) is 0 Å². The van der Waals surface area contributed by atoms with Gasteiger partial charge in [0, 0.05) is 11.1 Å². The molecule has 3 nitrogen and oxygen atoms in total. The highest BCUT2D eigenvalue weighted by atomic mass is 35.5. The second-order valence-corrected chi connectivity index (χ2v) is 3.18. The maximum Gasteiger partial charge on any atom is 0.139 e. The summed E-state index contributed by atoms with van der Waals surface area (Å²) in [7, 11) is 0. The average molecular weight is 221 g/mol. The van der Waals surface area contributed by atoms with Gasteiger partial charge in [-0.25, -0.2) is 0 Å². The Balaban J connectivity index is 2.90. The van der Waals surface area contributed by atoms with E-state index in [1.54, 1.807) is 24.3 Å². The Morgan fingerprint density at radius 3 is 2.67 bits per heavy atom. The van der Waals surface area contributed by atoms with Gasteiger partial charge < -0.3 is 10.1 Å². The van der Waals surface area contributed by atoms with E-state index in [0.29, 0.717) is 10.7 Å². The van der Waals surface area contributed by atoms with Crippen molar-refractivity contribution >= 4 is 23.6 Å². The van der Waals surface area contributed by atoms with Gasteiger partial charge in [-0.15, -0.1) is 0 Å². The lowest BCUT2D eigenvalue weighted by atomic mass is 10.1. The van der Waals surface area contributed by atoms with E-state index in [-0.39, 0.29) is 6.54 Å². The Hall–Kier alpha value is -1.79. The van der Waals surface area contributed by atoms with E-state index < -0.39 is 0 Å². The molecular weight excluding hydrogens is 212 g/mol. The summed E-state index contributed by atoms with van der Waals surface area (Å²) in [6.45, 7) is 0.177. The van der Waals surface area contributed by atoms with Crippen LogP contribution in [0.25, 0.3) is 5.70 Å². The zero-order valence-corrected chi connectivity index (χ0v) is 8.66. The number of allylic oxidation sites excluding steroid dienone is 1. The van der Waals surface area contributed by atoms with Crippen molar-refractivity contribution in [3.63, 3.8) is 0 Å². The van der Waals surface area contributed by atoms with Gasteiger partial charge >= 0.3 is 0 Å². The van der Waals surface area contributed by atoms with Crippen LogP contribution in [0.15, 0.2) is 30.3 Å². The number of rotatable bonds is 4. The van der Waals surface area contributed by atoms with E-state index in [9.17, 15) is 4.79 Å². The van der Waals surface area contributed by atoms with Crippen LogP contribution in [-0.2, 0) is 4.79 Å². The van der Waals surface area contributed by atoms with Crippen LogP contribution in [0.3, 0.4) is 0 Å². The molecule has 0 aliphatic carbocycles. The monoisotopic (exact) mass is 220 g/mol. The predicted molar refractivity (Wildman–Crippen MR) is 59.1 cm³/mol. The highest BCUT2D eigenvalue weighted by Gasteiger charge is 1.99. The van der Waals surface area contributed by atoms with E-state index in [0.717, 1.165) is 11.8 Å². The first-order valence-electron chi connectivity index (χ1n) is 4.31. The molecule has 0 spiro atoms. The van der Waals surface area contributed by atoms with Gasteiger partial charge in [-0.2, -0.15) is 5.26 Å². The van der Waals surface area contributed by atoms with Crippen LogP contribution in [0.1, 0.15) is 5.56 Å². The minimum Gasteiger partial charge on any atom is -0.377 e. The molecule has 0 saturated heterocycles. The van der Waals surface area contributed by atoms with Crippen LogP contribution in [0.5, 0.6) is 0 Å². The molecule has 0 bridgehead atoms. The van der Waals surface area contributed by atoms with Crippen molar-refractivity contribution in [2.45, 2.75) is 0 Å². The third-order valence-corrected chi connectivity index (χ3v) is 1.99. The standard InChI is InChI=1S/C11H9ClN2O/c12-10-3-1-9(2-4-10)11(5-6-13)14-7-8-15/h1-5,8,14H,7H2. The first-order chi connectivity index (χ1) is 7.27. The van der Waals surface area contributed by atoms with Gasteiger partial charge in [0.25, 0.3) is 0 Å². The van der Waals surface area contributed by atoms with Gasteiger partial charge in [0.15, 0.2) is 0 Å².